The van der Waals surface area contributed by atoms with Crippen LogP contribution in [0.5, 0.6) is 0 Å². The molecule has 31 heavy (non-hydrogen) atoms. The number of anilines is 2. The highest BCUT2D eigenvalue weighted by molar-refractivity contribution is 6.38. The van der Waals surface area contributed by atoms with E-state index in [-0.39, 0.29) is 16.8 Å². The monoisotopic (exact) mass is 459 g/mol. The summed E-state index contributed by atoms with van der Waals surface area (Å²) in [4.78, 5) is 43.9. The molecule has 0 saturated carbocycles. The summed E-state index contributed by atoms with van der Waals surface area (Å²) in [5, 5.41) is 3.36. The molecule has 4 heterocycles. The third-order valence-electron chi connectivity index (χ3n) is 7.10. The highest BCUT2D eigenvalue weighted by atomic mass is 35.5. The van der Waals surface area contributed by atoms with E-state index in [2.05, 4.69) is 5.32 Å². The Kier molecular flexibility index (Phi) is 3.89. The van der Waals surface area contributed by atoms with Gasteiger partial charge in [-0.25, -0.2) is 9.29 Å². The second-order valence-corrected chi connectivity index (χ2v) is 9.27. The number of nitrogens with zero attached hydrogens (tertiary/aromatic N) is 2. The summed E-state index contributed by atoms with van der Waals surface area (Å²) in [5.41, 5.74) is -0.332. The molecule has 1 N–H and O–H groups in total. The molecule has 6 rings (SSSR count). The molecule has 0 aromatic heterocycles. The molecule has 2 aromatic carbocycles. The van der Waals surface area contributed by atoms with Gasteiger partial charge >= 0.3 is 0 Å². The van der Waals surface area contributed by atoms with Crippen molar-refractivity contribution in [2.75, 3.05) is 16.8 Å². The maximum absolute atomic E-state index is 14.3. The van der Waals surface area contributed by atoms with Crippen molar-refractivity contribution in [2.45, 2.75) is 24.4 Å². The lowest BCUT2D eigenvalue weighted by atomic mass is 9.75. The Morgan fingerprint density at radius 1 is 1.06 bits per heavy atom. The van der Waals surface area contributed by atoms with Crippen molar-refractivity contribution in [3.8, 4) is 0 Å². The summed E-state index contributed by atoms with van der Waals surface area (Å²) in [6, 6.07) is 8.36. The average Bonchev–Trinajstić information content (AvgIpc) is 3.43. The van der Waals surface area contributed by atoms with E-state index in [1.165, 1.54) is 30.3 Å². The topological polar surface area (TPSA) is 69.7 Å². The van der Waals surface area contributed by atoms with Crippen LogP contribution >= 0.6 is 23.2 Å². The fourth-order valence-corrected chi connectivity index (χ4v) is 6.44. The number of carbonyl (C=O) groups excluding carboxylic acids is 3. The van der Waals surface area contributed by atoms with E-state index in [1.807, 2.05) is 4.90 Å². The summed E-state index contributed by atoms with van der Waals surface area (Å²) in [6.45, 7) is 0.555. The second-order valence-electron chi connectivity index (χ2n) is 8.42. The van der Waals surface area contributed by atoms with Gasteiger partial charge < -0.3 is 5.32 Å². The SMILES string of the molecule is O=C1[C@@H]2[C@H]3CCCN3[C@]3(C(=O)Nc4ccc(F)cc43)[C@H]2C(=O)N1c1cc(Cl)ccc1Cl. The molecule has 2 aromatic rings. The van der Waals surface area contributed by atoms with Crippen molar-refractivity contribution < 1.29 is 18.8 Å². The number of fused-ring (bicyclic) bond motifs is 7. The zero-order valence-electron chi connectivity index (χ0n) is 16.1. The fourth-order valence-electron chi connectivity index (χ4n) is 6.07. The molecule has 3 fully saturated rings. The van der Waals surface area contributed by atoms with Crippen LogP contribution in [0.1, 0.15) is 18.4 Å². The largest absolute Gasteiger partial charge is 0.324 e. The van der Waals surface area contributed by atoms with Gasteiger partial charge in [-0.1, -0.05) is 23.2 Å². The lowest BCUT2D eigenvalue weighted by molar-refractivity contribution is -0.135. The molecular weight excluding hydrogens is 444 g/mol. The first-order chi connectivity index (χ1) is 14.9. The zero-order valence-corrected chi connectivity index (χ0v) is 17.6. The quantitative estimate of drug-likeness (QED) is 0.661. The molecule has 9 heteroatoms. The van der Waals surface area contributed by atoms with Gasteiger partial charge in [0.05, 0.1) is 22.5 Å². The molecule has 0 unspecified atom stereocenters. The zero-order chi connectivity index (χ0) is 21.7. The molecule has 4 aliphatic rings. The molecule has 6 nitrogen and oxygen atoms in total. The highest BCUT2D eigenvalue weighted by Gasteiger charge is 2.74. The third-order valence-corrected chi connectivity index (χ3v) is 7.66. The molecular formula is C22H16Cl2FN3O3. The molecule has 4 atom stereocenters. The minimum Gasteiger partial charge on any atom is -0.324 e. The van der Waals surface area contributed by atoms with Crippen molar-refractivity contribution in [3.05, 3.63) is 57.8 Å². The van der Waals surface area contributed by atoms with Crippen molar-refractivity contribution in [1.82, 2.24) is 4.90 Å². The Morgan fingerprint density at radius 3 is 2.68 bits per heavy atom. The van der Waals surface area contributed by atoms with Crippen molar-refractivity contribution >= 4 is 52.3 Å². The van der Waals surface area contributed by atoms with Gasteiger partial charge in [0.2, 0.25) is 17.7 Å². The molecule has 3 amide bonds. The fraction of sp³-hybridized carbons (Fsp3) is 0.318. The molecule has 0 aliphatic carbocycles. The Morgan fingerprint density at radius 2 is 1.87 bits per heavy atom. The van der Waals surface area contributed by atoms with Crippen LogP contribution in [0.25, 0.3) is 0 Å². The Hall–Kier alpha value is -2.48. The number of halogens is 3. The van der Waals surface area contributed by atoms with Crippen LogP contribution in [-0.4, -0.2) is 35.2 Å². The van der Waals surface area contributed by atoms with Gasteiger partial charge in [0, 0.05) is 22.3 Å². The smallest absolute Gasteiger partial charge is 0.250 e. The van der Waals surface area contributed by atoms with E-state index in [9.17, 15) is 18.8 Å². The number of hydrogen-bond donors (Lipinski definition) is 1. The van der Waals surface area contributed by atoms with Crippen LogP contribution in [0.4, 0.5) is 15.8 Å². The number of amides is 3. The van der Waals surface area contributed by atoms with Crippen molar-refractivity contribution in [2.24, 2.45) is 11.8 Å². The molecule has 4 aliphatic heterocycles. The van der Waals surface area contributed by atoms with Gasteiger partial charge in [-0.3, -0.25) is 19.3 Å². The van der Waals surface area contributed by atoms with Crippen LogP contribution in [0.15, 0.2) is 36.4 Å². The van der Waals surface area contributed by atoms with Crippen LogP contribution < -0.4 is 10.2 Å². The van der Waals surface area contributed by atoms with E-state index in [0.717, 1.165) is 11.3 Å². The highest BCUT2D eigenvalue weighted by Crippen LogP contribution is 2.61. The van der Waals surface area contributed by atoms with E-state index < -0.39 is 40.9 Å². The minimum absolute atomic E-state index is 0.205. The summed E-state index contributed by atoms with van der Waals surface area (Å²) in [7, 11) is 0. The summed E-state index contributed by atoms with van der Waals surface area (Å²) in [5.74, 6) is -3.49. The number of hydrogen-bond acceptors (Lipinski definition) is 4. The van der Waals surface area contributed by atoms with Crippen LogP contribution in [0.2, 0.25) is 10.0 Å². The van der Waals surface area contributed by atoms with Crippen LogP contribution in [-0.2, 0) is 19.9 Å². The Labute approximate surface area is 186 Å². The van der Waals surface area contributed by atoms with Gasteiger partial charge in [0.1, 0.15) is 11.4 Å². The number of rotatable bonds is 1. The van der Waals surface area contributed by atoms with Gasteiger partial charge in [-0.15, -0.1) is 0 Å². The maximum Gasteiger partial charge on any atom is 0.250 e. The summed E-state index contributed by atoms with van der Waals surface area (Å²) < 4.78 is 14.3. The Balaban J connectivity index is 1.58. The predicted molar refractivity (Wildman–Crippen MR) is 112 cm³/mol. The van der Waals surface area contributed by atoms with Crippen molar-refractivity contribution in [1.29, 1.82) is 0 Å². The number of nitrogens with one attached hydrogen (secondary N) is 1. The van der Waals surface area contributed by atoms with Crippen LogP contribution in [0.3, 0.4) is 0 Å². The van der Waals surface area contributed by atoms with Gasteiger partial charge in [-0.05, 0) is 55.8 Å². The maximum atomic E-state index is 14.3. The molecule has 3 saturated heterocycles. The van der Waals surface area contributed by atoms with E-state index >= 15 is 0 Å². The molecule has 158 valence electrons. The second kappa shape index (κ2) is 6.28. The van der Waals surface area contributed by atoms with E-state index in [1.54, 1.807) is 6.07 Å². The van der Waals surface area contributed by atoms with Gasteiger partial charge in [0.25, 0.3) is 0 Å². The predicted octanol–water partition coefficient (Wildman–Crippen LogP) is 3.56. The lowest BCUT2D eigenvalue weighted by Crippen LogP contribution is -2.54. The average molecular weight is 460 g/mol. The van der Waals surface area contributed by atoms with E-state index in [0.29, 0.717) is 29.2 Å². The number of imide groups is 1. The molecule has 0 radical (unpaired) electrons. The lowest BCUT2D eigenvalue weighted by Gasteiger charge is -2.36. The van der Waals surface area contributed by atoms with Crippen molar-refractivity contribution in [3.63, 3.8) is 0 Å². The van der Waals surface area contributed by atoms with E-state index in [4.69, 9.17) is 23.2 Å². The number of benzene rings is 2. The van der Waals surface area contributed by atoms with Gasteiger partial charge in [0.15, 0.2) is 0 Å². The Bertz CT molecular complexity index is 1200. The third kappa shape index (κ3) is 2.24. The standard InChI is InChI=1S/C22H16Cl2FN3O3/c23-10-3-5-13(24)16(8-10)28-19(29)17-15-2-1-7-27(15)22(18(17)20(28)30)12-9-11(25)4-6-14(12)26-21(22)31/h3-6,8-9,15,17-18H,1-2,7H2,(H,26,31)/t15-,17-,18-,22+/m1/s1. The first kappa shape index (κ1) is 19.2. The summed E-state index contributed by atoms with van der Waals surface area (Å²) >= 11 is 12.4. The normalized spacial score (nSPS) is 31.4. The minimum atomic E-state index is -1.42. The summed E-state index contributed by atoms with van der Waals surface area (Å²) in [6.07, 6.45) is 1.46. The molecule has 1 spiro atoms. The number of carbonyl (C=O) groups is 3. The first-order valence-electron chi connectivity index (χ1n) is 10.1. The molecule has 0 bridgehead atoms. The van der Waals surface area contributed by atoms with Gasteiger partial charge in [-0.2, -0.15) is 0 Å². The van der Waals surface area contributed by atoms with Crippen LogP contribution in [0, 0.1) is 17.7 Å². The first-order valence-corrected chi connectivity index (χ1v) is 10.8.